The highest BCUT2D eigenvalue weighted by atomic mass is 32.1. The van der Waals surface area contributed by atoms with Gasteiger partial charge in [0.25, 0.3) is 5.91 Å². The maximum Gasteiger partial charge on any atom is 0.280 e. The number of benzene rings is 1. The molecule has 2 aromatic rings. The van der Waals surface area contributed by atoms with Crippen LogP contribution >= 0.6 is 11.3 Å². The summed E-state index contributed by atoms with van der Waals surface area (Å²) in [7, 11) is 0. The third-order valence-corrected chi connectivity index (χ3v) is 9.30. The van der Waals surface area contributed by atoms with Gasteiger partial charge < -0.3 is 4.90 Å². The van der Waals surface area contributed by atoms with Gasteiger partial charge in [-0.15, -0.1) is 0 Å². The molecule has 1 aliphatic heterocycles. The third-order valence-electron chi connectivity index (χ3n) is 8.23. The Morgan fingerprint density at radius 2 is 1.51 bits per heavy atom. The molecule has 3 rings (SSSR count). The van der Waals surface area contributed by atoms with Crippen molar-refractivity contribution in [2.24, 2.45) is 16.9 Å². The smallest absolute Gasteiger partial charge is 0.280 e. The third kappa shape index (κ3) is 8.76. The fraction of sp³-hybridized carbons (Fsp3) is 0.629. The summed E-state index contributed by atoms with van der Waals surface area (Å²) in [6, 6.07) is 9.73. The van der Waals surface area contributed by atoms with Gasteiger partial charge in [-0.1, -0.05) is 123 Å². The number of hydrazone groups is 1. The number of aromatic nitrogens is 1. The molecule has 0 aliphatic carbocycles. The van der Waals surface area contributed by atoms with E-state index in [9.17, 15) is 4.79 Å². The van der Waals surface area contributed by atoms with Crippen LogP contribution in [-0.2, 0) is 10.2 Å². The van der Waals surface area contributed by atoms with Crippen molar-refractivity contribution in [3.8, 4) is 0 Å². The first-order chi connectivity index (χ1) is 19.7. The zero-order chi connectivity index (χ0) is 30.0. The maximum atomic E-state index is 13.7. The molecule has 41 heavy (non-hydrogen) atoms. The lowest BCUT2D eigenvalue weighted by Crippen LogP contribution is -2.34. The number of carbonyl (C=O) groups is 1. The number of thiazole rings is 1. The van der Waals surface area contributed by atoms with Crippen LogP contribution in [0.15, 0.2) is 41.0 Å². The van der Waals surface area contributed by atoms with E-state index in [-0.39, 0.29) is 11.3 Å². The summed E-state index contributed by atoms with van der Waals surface area (Å²) in [6.45, 7) is 20.1. The van der Waals surface area contributed by atoms with Crippen molar-refractivity contribution < 1.29 is 4.79 Å². The lowest BCUT2D eigenvalue weighted by molar-refractivity contribution is -0.114. The highest BCUT2D eigenvalue weighted by Crippen LogP contribution is 2.38. The van der Waals surface area contributed by atoms with Crippen LogP contribution in [0.4, 0.5) is 10.8 Å². The van der Waals surface area contributed by atoms with Crippen molar-refractivity contribution in [1.29, 1.82) is 0 Å². The van der Waals surface area contributed by atoms with Gasteiger partial charge in [-0.05, 0) is 49.3 Å². The molecule has 0 N–H and O–H groups in total. The van der Waals surface area contributed by atoms with Gasteiger partial charge in [-0.2, -0.15) is 10.1 Å². The summed E-state index contributed by atoms with van der Waals surface area (Å²) >= 11 is 1.76. The number of unbranched alkanes of at least 4 members (excludes halogenated alkanes) is 2. The molecular weight excluding hydrogens is 524 g/mol. The summed E-state index contributed by atoms with van der Waals surface area (Å²) in [6.07, 6.45) is 12.7. The molecule has 5 nitrogen and oxygen atoms in total. The average molecular weight is 579 g/mol. The van der Waals surface area contributed by atoms with E-state index in [0.717, 1.165) is 40.2 Å². The van der Waals surface area contributed by atoms with Crippen LogP contribution in [0.1, 0.15) is 124 Å². The molecule has 226 valence electrons. The lowest BCUT2D eigenvalue weighted by atomic mass is 9.90. The van der Waals surface area contributed by atoms with Crippen LogP contribution in [0.3, 0.4) is 0 Å². The van der Waals surface area contributed by atoms with Crippen LogP contribution in [0.5, 0.6) is 0 Å². The Kier molecular flexibility index (Phi) is 12.6. The van der Waals surface area contributed by atoms with Crippen molar-refractivity contribution in [3.05, 3.63) is 46.5 Å². The Morgan fingerprint density at radius 1 is 0.927 bits per heavy atom. The highest BCUT2D eigenvalue weighted by molar-refractivity contribution is 7.16. The normalized spacial score (nSPS) is 16.4. The highest BCUT2D eigenvalue weighted by Gasteiger charge is 2.32. The second-order valence-electron chi connectivity index (χ2n) is 12.6. The van der Waals surface area contributed by atoms with Gasteiger partial charge in [-0.3, -0.25) is 4.79 Å². The van der Waals surface area contributed by atoms with Crippen LogP contribution in [-0.4, -0.2) is 29.7 Å². The summed E-state index contributed by atoms with van der Waals surface area (Å²) in [5.74, 6) is 1.27. The van der Waals surface area contributed by atoms with Gasteiger partial charge in [0.15, 0.2) is 5.13 Å². The molecular formula is C35H54N4OS. The number of anilines is 2. The second kappa shape index (κ2) is 15.7. The van der Waals surface area contributed by atoms with Gasteiger partial charge in [0.1, 0.15) is 0 Å². The van der Waals surface area contributed by atoms with Gasteiger partial charge in [0.05, 0.1) is 27.5 Å². The number of para-hydroxylation sites is 1. The summed E-state index contributed by atoms with van der Waals surface area (Å²) in [5, 5.41) is 7.39. The summed E-state index contributed by atoms with van der Waals surface area (Å²) in [4.78, 5) is 22.7. The fourth-order valence-corrected chi connectivity index (χ4v) is 6.76. The largest absolute Gasteiger partial charge is 0.348 e. The molecule has 0 saturated heterocycles. The van der Waals surface area contributed by atoms with Crippen molar-refractivity contribution in [2.75, 3.05) is 23.0 Å². The predicted octanol–water partition coefficient (Wildman–Crippen LogP) is 9.88. The fourth-order valence-electron chi connectivity index (χ4n) is 5.52. The second-order valence-corrected chi connectivity index (χ2v) is 13.6. The van der Waals surface area contributed by atoms with Crippen LogP contribution < -0.4 is 9.91 Å². The lowest BCUT2D eigenvalue weighted by Gasteiger charge is -2.30. The minimum atomic E-state index is -0.143. The first-order valence-electron chi connectivity index (χ1n) is 16.1. The first kappa shape index (κ1) is 33.0. The molecule has 1 amide bonds. The zero-order valence-electron chi connectivity index (χ0n) is 27.0. The van der Waals surface area contributed by atoms with E-state index in [0.29, 0.717) is 23.8 Å². The Labute approximate surface area is 254 Å². The Balaban J connectivity index is 2.04. The van der Waals surface area contributed by atoms with E-state index in [2.05, 4.69) is 66.4 Å². The van der Waals surface area contributed by atoms with Crippen LogP contribution in [0.2, 0.25) is 0 Å². The Bertz CT molecular complexity index is 1140. The number of nitrogens with zero attached hydrogens (tertiary/aromatic N) is 4. The zero-order valence-corrected chi connectivity index (χ0v) is 27.8. The van der Waals surface area contributed by atoms with Gasteiger partial charge in [-0.25, -0.2) is 4.98 Å². The average Bonchev–Trinajstić information content (AvgIpc) is 3.54. The van der Waals surface area contributed by atoms with E-state index < -0.39 is 0 Å². The van der Waals surface area contributed by atoms with Crippen molar-refractivity contribution >= 4 is 39.9 Å². The molecule has 0 saturated carbocycles. The monoisotopic (exact) mass is 578 g/mol. The SMILES string of the molecule is CCCCC(CC)CN(CC(CC)CCCC)c1nc(C(C)(C)C)c(/C=C2\C(=O)N(c3ccccc3)N=C2CC)s1. The van der Waals surface area contributed by atoms with E-state index in [1.54, 1.807) is 16.3 Å². The van der Waals surface area contributed by atoms with Crippen LogP contribution in [0, 0.1) is 11.8 Å². The Morgan fingerprint density at radius 3 is 2.00 bits per heavy atom. The topological polar surface area (TPSA) is 48.8 Å². The molecule has 2 heterocycles. The van der Waals surface area contributed by atoms with Crippen molar-refractivity contribution in [3.63, 3.8) is 0 Å². The van der Waals surface area contributed by atoms with Crippen molar-refractivity contribution in [1.82, 2.24) is 4.98 Å². The van der Waals surface area contributed by atoms with Gasteiger partial charge in [0.2, 0.25) is 0 Å². The quantitative estimate of drug-likeness (QED) is 0.186. The number of hydrogen-bond acceptors (Lipinski definition) is 5. The minimum absolute atomic E-state index is 0.0593. The minimum Gasteiger partial charge on any atom is -0.348 e. The van der Waals surface area contributed by atoms with Gasteiger partial charge in [0, 0.05) is 18.5 Å². The summed E-state index contributed by atoms with van der Waals surface area (Å²) < 4.78 is 0. The molecule has 1 aromatic heterocycles. The number of amides is 1. The summed E-state index contributed by atoms with van der Waals surface area (Å²) in [5.41, 5.74) is 3.25. The molecule has 1 aromatic carbocycles. The predicted molar refractivity (Wildman–Crippen MR) is 179 cm³/mol. The molecule has 1 aliphatic rings. The molecule has 0 bridgehead atoms. The van der Waals surface area contributed by atoms with Crippen LogP contribution in [0.25, 0.3) is 6.08 Å². The van der Waals surface area contributed by atoms with E-state index in [4.69, 9.17) is 10.1 Å². The standard InChI is InChI=1S/C35H54N4OS/c1-9-14-19-26(11-3)24-38(25-27(12-4)20-15-10-2)34-36-32(35(6,7)8)31(41-34)23-29-30(13-5)37-39(33(29)40)28-21-17-16-18-22-28/h16-18,21-23,26-27H,9-15,19-20,24-25H2,1-8H3/b29-23-. The van der Waals surface area contributed by atoms with E-state index >= 15 is 0 Å². The Hall–Kier alpha value is -2.47. The molecule has 0 radical (unpaired) electrons. The number of rotatable bonds is 16. The number of carbonyl (C=O) groups excluding carboxylic acids is 1. The first-order valence-corrected chi connectivity index (χ1v) is 16.9. The van der Waals surface area contributed by atoms with Gasteiger partial charge >= 0.3 is 0 Å². The van der Waals surface area contributed by atoms with E-state index in [1.165, 1.54) is 51.4 Å². The molecule has 0 fully saturated rings. The maximum absolute atomic E-state index is 13.7. The van der Waals surface area contributed by atoms with E-state index in [1.807, 2.05) is 30.3 Å². The molecule has 2 unspecified atom stereocenters. The molecule has 2 atom stereocenters. The number of hydrogen-bond donors (Lipinski definition) is 0. The molecule has 6 heteroatoms. The van der Waals surface area contributed by atoms with Crippen molar-refractivity contribution in [2.45, 2.75) is 119 Å². The molecule has 0 spiro atoms.